The number of para-hydroxylation sites is 1. The number of hydrogen-bond donors (Lipinski definition) is 1. The van der Waals surface area contributed by atoms with Gasteiger partial charge in [0.1, 0.15) is 0 Å². The molecule has 128 valence electrons. The van der Waals surface area contributed by atoms with Gasteiger partial charge in [-0.05, 0) is 63.7 Å². The number of carbonyl (C=O) groups is 1. The fraction of sp³-hybridized carbons (Fsp3) is 0.632. The van der Waals surface area contributed by atoms with Crippen LogP contribution < -0.4 is 4.90 Å². The number of aliphatic hydroxyl groups excluding tert-OH is 1. The number of likely N-dealkylation sites (N-methyl/N-ethyl adjacent to an activating group) is 1. The molecule has 0 saturated carbocycles. The van der Waals surface area contributed by atoms with E-state index in [4.69, 9.17) is 0 Å². The zero-order valence-corrected chi connectivity index (χ0v) is 14.7. The lowest BCUT2D eigenvalue weighted by molar-refractivity contribution is -0.124. The minimum Gasteiger partial charge on any atom is -0.396 e. The number of amides is 1. The molecule has 0 aromatic heterocycles. The highest BCUT2D eigenvalue weighted by Crippen LogP contribution is 2.35. The van der Waals surface area contributed by atoms with Crippen molar-refractivity contribution in [2.24, 2.45) is 5.41 Å². The van der Waals surface area contributed by atoms with Gasteiger partial charge in [-0.15, -0.1) is 0 Å². The second-order valence-corrected chi connectivity index (χ2v) is 6.64. The van der Waals surface area contributed by atoms with Crippen molar-refractivity contribution >= 4 is 11.6 Å². The van der Waals surface area contributed by atoms with Crippen molar-refractivity contribution in [3.63, 3.8) is 0 Å². The molecule has 23 heavy (non-hydrogen) atoms. The Kier molecular flexibility index (Phi) is 6.19. The van der Waals surface area contributed by atoms with Crippen molar-refractivity contribution in [2.75, 3.05) is 31.1 Å². The zero-order valence-electron chi connectivity index (χ0n) is 14.7. The average molecular weight is 318 g/mol. The summed E-state index contributed by atoms with van der Waals surface area (Å²) in [7, 11) is 0. The summed E-state index contributed by atoms with van der Waals surface area (Å²) in [6.07, 6.45) is 2.94. The first kappa shape index (κ1) is 18.0. The summed E-state index contributed by atoms with van der Waals surface area (Å²) in [5.74, 6) is 0.159. The lowest BCUT2D eigenvalue weighted by Crippen LogP contribution is -2.52. The van der Waals surface area contributed by atoms with Crippen LogP contribution in [0.25, 0.3) is 0 Å². The Bertz CT molecular complexity index is 489. The molecule has 1 amide bonds. The number of hydrogen-bond acceptors (Lipinski definition) is 3. The lowest BCUT2D eigenvalue weighted by atomic mass is 9.76. The molecule has 0 spiro atoms. The molecule has 1 atom stereocenters. The van der Waals surface area contributed by atoms with E-state index in [9.17, 15) is 9.90 Å². The molecule has 0 aliphatic carbocycles. The normalized spacial score (nSPS) is 19.3. The molecule has 4 nitrogen and oxygen atoms in total. The Labute approximate surface area is 140 Å². The summed E-state index contributed by atoms with van der Waals surface area (Å²) in [6, 6.07) is 9.75. The first-order valence-corrected chi connectivity index (χ1v) is 8.78. The Morgan fingerprint density at radius 1 is 1.26 bits per heavy atom. The highest BCUT2D eigenvalue weighted by atomic mass is 16.3. The Balaban J connectivity index is 2.02. The molecular formula is C19H30N2O2. The summed E-state index contributed by atoms with van der Waals surface area (Å²) in [6.45, 7) is 8.87. The summed E-state index contributed by atoms with van der Waals surface area (Å²) < 4.78 is 0. The van der Waals surface area contributed by atoms with Gasteiger partial charge in [0, 0.05) is 18.8 Å². The third-order valence-electron chi connectivity index (χ3n) is 5.50. The van der Waals surface area contributed by atoms with E-state index in [-0.39, 0.29) is 24.0 Å². The van der Waals surface area contributed by atoms with Crippen LogP contribution in [-0.2, 0) is 4.79 Å². The molecule has 1 aromatic rings. The van der Waals surface area contributed by atoms with Crippen LogP contribution in [0.4, 0.5) is 5.69 Å². The monoisotopic (exact) mass is 318 g/mol. The molecule has 1 unspecified atom stereocenters. The average Bonchev–Trinajstić information content (AvgIpc) is 2.62. The summed E-state index contributed by atoms with van der Waals surface area (Å²) >= 11 is 0. The van der Waals surface area contributed by atoms with Crippen LogP contribution in [-0.4, -0.2) is 48.2 Å². The third kappa shape index (κ3) is 3.93. The van der Waals surface area contributed by atoms with Crippen LogP contribution in [0.15, 0.2) is 30.3 Å². The van der Waals surface area contributed by atoms with Gasteiger partial charge in [0.05, 0.1) is 6.04 Å². The molecule has 2 rings (SSSR count). The standard InChI is InChI=1S/C19H30N2O2/c1-4-19(15-22)11-13-20(14-12-19)16(3)18(23)21(5-2)17-9-7-6-8-10-17/h6-10,16,22H,4-5,11-15H2,1-3H3. The summed E-state index contributed by atoms with van der Waals surface area (Å²) in [4.78, 5) is 17.0. The maximum atomic E-state index is 12.9. The van der Waals surface area contributed by atoms with Crippen LogP contribution in [0.2, 0.25) is 0 Å². The molecule has 4 heteroatoms. The summed E-state index contributed by atoms with van der Waals surface area (Å²) in [5, 5.41) is 9.66. The quantitative estimate of drug-likeness (QED) is 0.877. The largest absolute Gasteiger partial charge is 0.396 e. The fourth-order valence-corrected chi connectivity index (χ4v) is 3.46. The molecule has 0 bridgehead atoms. The van der Waals surface area contributed by atoms with E-state index in [1.54, 1.807) is 0 Å². The summed E-state index contributed by atoms with van der Waals surface area (Å²) in [5.41, 5.74) is 1.02. The van der Waals surface area contributed by atoms with E-state index in [1.807, 2.05) is 49.1 Å². The van der Waals surface area contributed by atoms with Crippen LogP contribution in [0.5, 0.6) is 0 Å². The van der Waals surface area contributed by atoms with E-state index >= 15 is 0 Å². The smallest absolute Gasteiger partial charge is 0.244 e. The number of likely N-dealkylation sites (tertiary alicyclic amines) is 1. The number of rotatable bonds is 6. The third-order valence-corrected chi connectivity index (χ3v) is 5.50. The molecule has 1 heterocycles. The van der Waals surface area contributed by atoms with Crippen LogP contribution in [0.1, 0.15) is 40.0 Å². The molecule has 1 fully saturated rings. The van der Waals surface area contributed by atoms with E-state index in [0.717, 1.165) is 38.0 Å². The van der Waals surface area contributed by atoms with E-state index < -0.39 is 0 Å². The first-order chi connectivity index (χ1) is 11.1. The fourth-order valence-electron chi connectivity index (χ4n) is 3.46. The molecule has 0 radical (unpaired) electrons. The van der Waals surface area contributed by atoms with Crippen LogP contribution >= 0.6 is 0 Å². The van der Waals surface area contributed by atoms with E-state index in [1.165, 1.54) is 0 Å². The van der Waals surface area contributed by atoms with Gasteiger partial charge in [-0.25, -0.2) is 0 Å². The predicted molar refractivity (Wildman–Crippen MR) is 94.5 cm³/mol. The van der Waals surface area contributed by atoms with Gasteiger partial charge in [-0.2, -0.15) is 0 Å². The van der Waals surface area contributed by atoms with Gasteiger partial charge >= 0.3 is 0 Å². The molecule has 1 saturated heterocycles. The second kappa shape index (κ2) is 7.93. The minimum atomic E-state index is -0.122. The maximum Gasteiger partial charge on any atom is 0.244 e. The van der Waals surface area contributed by atoms with Gasteiger partial charge in [-0.3, -0.25) is 9.69 Å². The van der Waals surface area contributed by atoms with Crippen molar-refractivity contribution < 1.29 is 9.90 Å². The number of benzene rings is 1. The number of nitrogens with zero attached hydrogens (tertiary/aromatic N) is 2. The van der Waals surface area contributed by atoms with Crippen molar-refractivity contribution in [1.82, 2.24) is 4.90 Å². The highest BCUT2D eigenvalue weighted by molar-refractivity contribution is 5.96. The van der Waals surface area contributed by atoms with E-state index in [2.05, 4.69) is 11.8 Å². The van der Waals surface area contributed by atoms with Crippen molar-refractivity contribution in [2.45, 2.75) is 46.1 Å². The van der Waals surface area contributed by atoms with Crippen molar-refractivity contribution in [3.8, 4) is 0 Å². The SMILES string of the molecule is CCN(C(=O)C(C)N1CCC(CC)(CO)CC1)c1ccccc1. The first-order valence-electron chi connectivity index (χ1n) is 8.78. The van der Waals surface area contributed by atoms with E-state index in [0.29, 0.717) is 6.54 Å². The van der Waals surface area contributed by atoms with Gasteiger partial charge in [0.15, 0.2) is 0 Å². The van der Waals surface area contributed by atoms with Crippen LogP contribution in [0, 0.1) is 5.41 Å². The highest BCUT2D eigenvalue weighted by Gasteiger charge is 2.36. The lowest BCUT2D eigenvalue weighted by Gasteiger charge is -2.42. The molecule has 1 aliphatic heterocycles. The van der Waals surface area contributed by atoms with Gasteiger partial charge in [0.2, 0.25) is 5.91 Å². The number of aliphatic hydroxyl groups is 1. The van der Waals surface area contributed by atoms with Gasteiger partial charge < -0.3 is 10.0 Å². The Hall–Kier alpha value is -1.39. The Morgan fingerprint density at radius 3 is 2.35 bits per heavy atom. The molecule has 1 aromatic carbocycles. The topological polar surface area (TPSA) is 43.8 Å². The zero-order chi connectivity index (χ0) is 16.9. The minimum absolute atomic E-state index is 0.0587. The second-order valence-electron chi connectivity index (χ2n) is 6.64. The maximum absolute atomic E-state index is 12.9. The number of carbonyl (C=O) groups excluding carboxylic acids is 1. The molecule has 1 N–H and O–H groups in total. The Morgan fingerprint density at radius 2 is 1.87 bits per heavy atom. The van der Waals surface area contributed by atoms with Gasteiger partial charge in [-0.1, -0.05) is 25.1 Å². The van der Waals surface area contributed by atoms with Crippen molar-refractivity contribution in [1.29, 1.82) is 0 Å². The number of piperidine rings is 1. The predicted octanol–water partition coefficient (Wildman–Crippen LogP) is 2.91. The van der Waals surface area contributed by atoms with Crippen LogP contribution in [0.3, 0.4) is 0 Å². The van der Waals surface area contributed by atoms with Gasteiger partial charge in [0.25, 0.3) is 0 Å². The molecular weight excluding hydrogens is 288 g/mol. The van der Waals surface area contributed by atoms with Crippen molar-refractivity contribution in [3.05, 3.63) is 30.3 Å². The molecule has 1 aliphatic rings. The number of anilines is 1.